The van der Waals surface area contributed by atoms with Gasteiger partial charge in [0.1, 0.15) is 0 Å². The van der Waals surface area contributed by atoms with Gasteiger partial charge in [0.25, 0.3) is 0 Å². The SMILES string of the molecule is C/C=C/C=[C](\CC)[Ru]/[C](=C/C=C/C)CC. The van der Waals surface area contributed by atoms with Crippen LogP contribution < -0.4 is 0 Å². The second kappa shape index (κ2) is 10.1. The molecule has 0 heterocycles. The van der Waals surface area contributed by atoms with Crippen LogP contribution in [0.15, 0.2) is 44.8 Å². The van der Waals surface area contributed by atoms with Crippen molar-refractivity contribution in [1.82, 2.24) is 0 Å². The van der Waals surface area contributed by atoms with Crippen molar-refractivity contribution < 1.29 is 17.1 Å². The Morgan fingerprint density at radius 3 is 1.53 bits per heavy atom. The zero-order valence-corrected chi connectivity index (χ0v) is 12.0. The molecule has 1 heteroatoms. The van der Waals surface area contributed by atoms with Gasteiger partial charge in [-0.05, 0) is 0 Å². The van der Waals surface area contributed by atoms with Gasteiger partial charge in [0.05, 0.1) is 0 Å². The molecular formula is C14H22Ru. The molecule has 0 nitrogen and oxygen atoms in total. The van der Waals surface area contributed by atoms with Gasteiger partial charge >= 0.3 is 102 Å². The third-order valence-electron chi connectivity index (χ3n) is 1.82. The van der Waals surface area contributed by atoms with Crippen LogP contribution in [0.2, 0.25) is 0 Å². The number of rotatable bonds is 6. The molecule has 0 N–H and O–H groups in total. The average Bonchev–Trinajstić information content (AvgIpc) is 2.28. The van der Waals surface area contributed by atoms with Crippen LogP contribution in [0.4, 0.5) is 0 Å². The summed E-state index contributed by atoms with van der Waals surface area (Å²) in [5.41, 5.74) is 0. The minimum absolute atomic E-state index is 0.274. The molecule has 0 saturated carbocycles. The Morgan fingerprint density at radius 2 is 1.27 bits per heavy atom. The molecule has 0 bridgehead atoms. The van der Waals surface area contributed by atoms with Crippen molar-refractivity contribution in [2.45, 2.75) is 40.5 Å². The van der Waals surface area contributed by atoms with Crippen LogP contribution in [0.5, 0.6) is 0 Å². The summed E-state index contributed by atoms with van der Waals surface area (Å²) in [5.74, 6) is 0. The van der Waals surface area contributed by atoms with E-state index in [9.17, 15) is 0 Å². The molecule has 0 rings (SSSR count). The Bertz CT molecular complexity index is 239. The maximum atomic E-state index is 2.28. The first-order valence-corrected chi connectivity index (χ1v) is 7.28. The molecule has 0 saturated heterocycles. The summed E-state index contributed by atoms with van der Waals surface area (Å²) in [6, 6.07) is 0. The van der Waals surface area contributed by atoms with Crippen LogP contribution in [0.25, 0.3) is 0 Å². The van der Waals surface area contributed by atoms with E-state index in [1.165, 1.54) is 12.8 Å². The normalized spacial score (nSPS) is 14.7. The molecule has 0 aliphatic carbocycles. The van der Waals surface area contributed by atoms with E-state index in [0.29, 0.717) is 0 Å². The van der Waals surface area contributed by atoms with Crippen molar-refractivity contribution in [3.8, 4) is 0 Å². The number of hydrogen-bond donors (Lipinski definition) is 0. The second-order valence-corrected chi connectivity index (χ2v) is 5.71. The van der Waals surface area contributed by atoms with E-state index in [1.54, 1.807) is 8.33 Å². The fourth-order valence-corrected chi connectivity index (χ4v) is 2.92. The Hall–Kier alpha value is -0.417. The molecule has 0 aliphatic rings. The van der Waals surface area contributed by atoms with Gasteiger partial charge in [0.15, 0.2) is 0 Å². The quantitative estimate of drug-likeness (QED) is 0.486. The van der Waals surface area contributed by atoms with Gasteiger partial charge in [-0.15, -0.1) is 0 Å². The molecule has 0 unspecified atom stereocenters. The van der Waals surface area contributed by atoms with Crippen molar-refractivity contribution in [3.05, 3.63) is 44.8 Å². The molecule has 0 aromatic rings. The Kier molecular flexibility index (Phi) is 9.83. The van der Waals surface area contributed by atoms with E-state index in [0.717, 1.165) is 0 Å². The van der Waals surface area contributed by atoms with E-state index in [-0.39, 0.29) is 17.1 Å². The summed E-state index contributed by atoms with van der Waals surface area (Å²) in [6.07, 6.45) is 15.4. The predicted molar refractivity (Wildman–Crippen MR) is 66.4 cm³/mol. The first-order valence-electron chi connectivity index (χ1n) is 5.54. The van der Waals surface area contributed by atoms with Crippen LogP contribution in [0, 0.1) is 0 Å². The molecule has 86 valence electrons. The zero-order chi connectivity index (χ0) is 11.5. The number of hydrogen-bond acceptors (Lipinski definition) is 0. The van der Waals surface area contributed by atoms with Gasteiger partial charge in [-0.1, -0.05) is 0 Å². The summed E-state index contributed by atoms with van der Waals surface area (Å²) in [6.45, 7) is 8.62. The van der Waals surface area contributed by atoms with Gasteiger partial charge in [-0.3, -0.25) is 0 Å². The monoisotopic (exact) mass is 292 g/mol. The maximum absolute atomic E-state index is 2.28. The van der Waals surface area contributed by atoms with Crippen LogP contribution in [0.3, 0.4) is 0 Å². The molecule has 0 aromatic carbocycles. The molecule has 0 atom stereocenters. The van der Waals surface area contributed by atoms with Crippen LogP contribution >= 0.6 is 0 Å². The standard InChI is InChI=1S/2C7H11.Ru/c2*1-3-5-7-6-4-2;/h2*3,5,7H,4H2,1-2H3;/b2*5-3+,7-6?;. The first-order chi connectivity index (χ1) is 7.28. The molecule has 0 aliphatic heterocycles. The fraction of sp³-hybridized carbons (Fsp3) is 0.429. The third-order valence-corrected chi connectivity index (χ3v) is 4.74. The van der Waals surface area contributed by atoms with Crippen LogP contribution in [-0.4, -0.2) is 0 Å². The van der Waals surface area contributed by atoms with Crippen molar-refractivity contribution in [1.29, 1.82) is 0 Å². The summed E-state index contributed by atoms with van der Waals surface area (Å²) < 4.78 is 3.19. The van der Waals surface area contributed by atoms with E-state index < -0.39 is 0 Å². The van der Waals surface area contributed by atoms with Gasteiger partial charge in [0, 0.05) is 0 Å². The van der Waals surface area contributed by atoms with Crippen molar-refractivity contribution >= 4 is 0 Å². The molecule has 0 aromatic heterocycles. The van der Waals surface area contributed by atoms with Crippen molar-refractivity contribution in [2.75, 3.05) is 0 Å². The van der Waals surface area contributed by atoms with E-state index in [2.05, 4.69) is 64.2 Å². The predicted octanol–water partition coefficient (Wildman–Crippen LogP) is 4.81. The molecule has 0 amide bonds. The number of allylic oxidation sites excluding steroid dienone is 8. The van der Waals surface area contributed by atoms with Gasteiger partial charge in [0.2, 0.25) is 0 Å². The molecule has 0 spiro atoms. The topological polar surface area (TPSA) is 0 Å². The summed E-state index contributed by atoms with van der Waals surface area (Å²) in [7, 11) is 0. The summed E-state index contributed by atoms with van der Waals surface area (Å²) in [4.78, 5) is 0. The van der Waals surface area contributed by atoms with Crippen molar-refractivity contribution in [2.24, 2.45) is 0 Å². The minimum atomic E-state index is 0.274. The molecule has 15 heavy (non-hydrogen) atoms. The Balaban J connectivity index is 4.50. The van der Waals surface area contributed by atoms with Gasteiger partial charge < -0.3 is 0 Å². The average molecular weight is 291 g/mol. The van der Waals surface area contributed by atoms with Gasteiger partial charge in [-0.25, -0.2) is 0 Å². The van der Waals surface area contributed by atoms with E-state index in [1.807, 2.05) is 0 Å². The van der Waals surface area contributed by atoms with Crippen LogP contribution in [-0.2, 0) is 17.1 Å². The van der Waals surface area contributed by atoms with Crippen LogP contribution in [0.1, 0.15) is 40.5 Å². The van der Waals surface area contributed by atoms with Crippen molar-refractivity contribution in [3.63, 3.8) is 0 Å². The molecule has 0 fully saturated rings. The summed E-state index contributed by atoms with van der Waals surface area (Å²) >= 11 is 0.274. The Labute approximate surface area is 102 Å². The Morgan fingerprint density at radius 1 is 0.867 bits per heavy atom. The molecule has 0 radical (unpaired) electrons. The first kappa shape index (κ1) is 14.6. The summed E-state index contributed by atoms with van der Waals surface area (Å²) in [5, 5.41) is 0. The van der Waals surface area contributed by atoms with E-state index >= 15 is 0 Å². The van der Waals surface area contributed by atoms with Gasteiger partial charge in [-0.2, -0.15) is 0 Å². The van der Waals surface area contributed by atoms with E-state index in [4.69, 9.17) is 0 Å². The molecular weight excluding hydrogens is 269 g/mol. The second-order valence-electron chi connectivity index (χ2n) is 3.04. The zero-order valence-electron chi connectivity index (χ0n) is 10.2. The fourth-order valence-electron chi connectivity index (χ4n) is 0.962. The third kappa shape index (κ3) is 7.51.